The lowest BCUT2D eigenvalue weighted by Crippen LogP contribution is -2.19. The van der Waals surface area contributed by atoms with E-state index < -0.39 is 0 Å². The second-order valence-electron chi connectivity index (χ2n) is 8.37. The van der Waals surface area contributed by atoms with Gasteiger partial charge < -0.3 is 19.5 Å². The van der Waals surface area contributed by atoms with E-state index in [2.05, 4.69) is 43.2 Å². The molecule has 0 aliphatic carbocycles. The van der Waals surface area contributed by atoms with Crippen molar-refractivity contribution in [2.45, 2.75) is 27.4 Å². The van der Waals surface area contributed by atoms with Crippen molar-refractivity contribution < 1.29 is 19.0 Å². The van der Waals surface area contributed by atoms with Crippen LogP contribution in [-0.2, 0) is 11.4 Å². The Kier molecular flexibility index (Phi) is 7.91. The summed E-state index contributed by atoms with van der Waals surface area (Å²) in [7, 11) is 3.16. The molecule has 0 radical (unpaired) electrons. The first-order chi connectivity index (χ1) is 17.3. The Labute approximate surface area is 220 Å². The highest BCUT2D eigenvalue weighted by Crippen LogP contribution is 2.35. The van der Waals surface area contributed by atoms with Crippen LogP contribution in [0.5, 0.6) is 17.2 Å². The van der Waals surface area contributed by atoms with E-state index in [9.17, 15) is 4.79 Å². The monoisotopic (exact) mass is 522 g/mol. The molecule has 1 amide bonds. The normalized spacial score (nSPS) is 15.3. The van der Waals surface area contributed by atoms with Gasteiger partial charge in [0.05, 0.1) is 19.1 Å². The van der Waals surface area contributed by atoms with Crippen LogP contribution in [0.15, 0.2) is 58.4 Å². The molecule has 1 aliphatic rings. The van der Waals surface area contributed by atoms with Gasteiger partial charge >= 0.3 is 0 Å². The molecule has 0 atom stereocenters. The van der Waals surface area contributed by atoms with Gasteiger partial charge in [-0.25, -0.2) is 4.99 Å². The SMILES string of the molecule is COc1ccc(Cl)cc1N=C1NC(=O)/C(=C/c2ccc(OCc3c(C)cc(C)cc3C)c(OC)c2)S1. The number of aliphatic imine (C=N–C) groups is 1. The highest BCUT2D eigenvalue weighted by molar-refractivity contribution is 8.18. The molecule has 0 saturated carbocycles. The van der Waals surface area contributed by atoms with Gasteiger partial charge in [0.25, 0.3) is 5.91 Å². The van der Waals surface area contributed by atoms with Crippen LogP contribution >= 0.6 is 23.4 Å². The van der Waals surface area contributed by atoms with Gasteiger partial charge in [0.2, 0.25) is 0 Å². The summed E-state index contributed by atoms with van der Waals surface area (Å²) in [4.78, 5) is 17.6. The highest BCUT2D eigenvalue weighted by atomic mass is 35.5. The van der Waals surface area contributed by atoms with Crippen LogP contribution in [0.2, 0.25) is 5.02 Å². The number of nitrogens with one attached hydrogen (secondary N) is 1. The molecule has 0 aromatic heterocycles. The molecule has 0 spiro atoms. The van der Waals surface area contributed by atoms with Gasteiger partial charge in [0.1, 0.15) is 18.0 Å². The number of amidine groups is 1. The summed E-state index contributed by atoms with van der Waals surface area (Å²) in [6.07, 6.45) is 1.79. The number of aryl methyl sites for hydroxylation is 3. The quantitative estimate of drug-likeness (QED) is 0.347. The highest BCUT2D eigenvalue weighted by Gasteiger charge is 2.24. The van der Waals surface area contributed by atoms with E-state index in [1.165, 1.54) is 28.5 Å². The zero-order valence-corrected chi connectivity index (χ0v) is 22.3. The zero-order valence-electron chi connectivity index (χ0n) is 20.8. The van der Waals surface area contributed by atoms with E-state index in [1.54, 1.807) is 38.5 Å². The molecule has 36 heavy (non-hydrogen) atoms. The molecule has 0 unspecified atom stereocenters. The number of amides is 1. The minimum Gasteiger partial charge on any atom is -0.494 e. The third-order valence-electron chi connectivity index (χ3n) is 5.71. The van der Waals surface area contributed by atoms with E-state index in [1.807, 2.05) is 18.2 Å². The van der Waals surface area contributed by atoms with Crippen LogP contribution in [-0.4, -0.2) is 25.3 Å². The lowest BCUT2D eigenvalue weighted by molar-refractivity contribution is -0.115. The Morgan fingerprint density at radius 2 is 1.64 bits per heavy atom. The summed E-state index contributed by atoms with van der Waals surface area (Å²) in [5.41, 5.74) is 6.14. The summed E-state index contributed by atoms with van der Waals surface area (Å²) in [5.74, 6) is 1.56. The number of benzene rings is 3. The molecule has 6 nitrogen and oxygen atoms in total. The number of nitrogens with zero attached hydrogens (tertiary/aromatic N) is 1. The van der Waals surface area contributed by atoms with Gasteiger partial charge in [-0.15, -0.1) is 0 Å². The van der Waals surface area contributed by atoms with E-state index >= 15 is 0 Å². The molecular weight excluding hydrogens is 496 g/mol. The predicted octanol–water partition coefficient (Wildman–Crippen LogP) is 6.75. The van der Waals surface area contributed by atoms with Gasteiger partial charge in [-0.2, -0.15) is 0 Å². The van der Waals surface area contributed by atoms with Crippen molar-refractivity contribution >= 4 is 46.2 Å². The third kappa shape index (κ3) is 5.86. The summed E-state index contributed by atoms with van der Waals surface area (Å²) in [5, 5.41) is 3.76. The zero-order chi connectivity index (χ0) is 25.8. The molecule has 1 heterocycles. The van der Waals surface area contributed by atoms with Crippen molar-refractivity contribution in [2.75, 3.05) is 14.2 Å². The Morgan fingerprint density at radius 1 is 0.944 bits per heavy atom. The molecule has 1 aliphatic heterocycles. The first-order valence-electron chi connectivity index (χ1n) is 11.3. The maximum absolute atomic E-state index is 12.6. The van der Waals surface area contributed by atoms with Crippen LogP contribution < -0.4 is 19.5 Å². The maximum atomic E-state index is 12.6. The number of ether oxygens (including phenoxy) is 3. The topological polar surface area (TPSA) is 69.2 Å². The molecule has 8 heteroatoms. The van der Waals surface area contributed by atoms with Crippen molar-refractivity contribution in [1.29, 1.82) is 0 Å². The second kappa shape index (κ2) is 11.1. The third-order valence-corrected chi connectivity index (χ3v) is 6.86. The minimum absolute atomic E-state index is 0.232. The van der Waals surface area contributed by atoms with Crippen molar-refractivity contribution in [3.8, 4) is 17.2 Å². The molecule has 0 bridgehead atoms. The summed E-state index contributed by atoms with van der Waals surface area (Å²) in [6, 6.07) is 15.0. The largest absolute Gasteiger partial charge is 0.494 e. The maximum Gasteiger partial charge on any atom is 0.264 e. The van der Waals surface area contributed by atoms with Gasteiger partial charge in [0, 0.05) is 5.02 Å². The van der Waals surface area contributed by atoms with Crippen LogP contribution in [0.4, 0.5) is 5.69 Å². The molecule has 1 fully saturated rings. The number of halogens is 1. The lowest BCUT2D eigenvalue weighted by atomic mass is 10.0. The molecule has 1 saturated heterocycles. The predicted molar refractivity (Wildman–Crippen MR) is 147 cm³/mol. The van der Waals surface area contributed by atoms with E-state index in [-0.39, 0.29) is 5.91 Å². The average Bonchev–Trinajstić information content (AvgIpc) is 3.17. The number of carbonyl (C=O) groups excluding carboxylic acids is 1. The minimum atomic E-state index is -0.232. The van der Waals surface area contributed by atoms with Crippen LogP contribution in [0, 0.1) is 20.8 Å². The van der Waals surface area contributed by atoms with Crippen LogP contribution in [0.25, 0.3) is 6.08 Å². The Balaban J connectivity index is 1.52. The molecule has 1 N–H and O–H groups in total. The fourth-order valence-electron chi connectivity index (χ4n) is 3.97. The summed E-state index contributed by atoms with van der Waals surface area (Å²) < 4.78 is 17.0. The molecular formula is C28H27ClN2O4S. The smallest absolute Gasteiger partial charge is 0.264 e. The van der Waals surface area contributed by atoms with Gasteiger partial charge in [0.15, 0.2) is 16.7 Å². The fraction of sp³-hybridized carbons (Fsp3) is 0.214. The van der Waals surface area contributed by atoms with Gasteiger partial charge in [-0.3, -0.25) is 4.79 Å². The number of hydrogen-bond donors (Lipinski definition) is 1. The summed E-state index contributed by atoms with van der Waals surface area (Å²) >= 11 is 7.33. The molecule has 4 rings (SSSR count). The summed E-state index contributed by atoms with van der Waals surface area (Å²) in [6.45, 7) is 6.72. The first-order valence-corrected chi connectivity index (χ1v) is 12.5. The van der Waals surface area contributed by atoms with Crippen molar-refractivity contribution in [3.63, 3.8) is 0 Å². The molecule has 3 aromatic carbocycles. The van der Waals surface area contributed by atoms with Gasteiger partial charge in [-0.1, -0.05) is 35.4 Å². The number of methoxy groups -OCH3 is 2. The number of hydrogen-bond acceptors (Lipinski definition) is 6. The molecule has 186 valence electrons. The Hall–Kier alpha value is -3.42. The van der Waals surface area contributed by atoms with E-state index in [4.69, 9.17) is 25.8 Å². The number of thioether (sulfide) groups is 1. The van der Waals surface area contributed by atoms with Crippen LogP contribution in [0.3, 0.4) is 0 Å². The van der Waals surface area contributed by atoms with E-state index in [0.717, 1.165) is 11.1 Å². The standard InChI is InChI=1S/C28H27ClN2O4S/c1-16-10-17(2)21(18(3)11-16)15-35-24-8-6-19(12-25(24)34-5)13-26-27(32)31-28(36-26)30-22-14-20(29)7-9-23(22)33-4/h6-14H,15H2,1-5H3,(H,30,31,32)/b26-13-. The van der Waals surface area contributed by atoms with Crippen LogP contribution in [0.1, 0.15) is 27.8 Å². The van der Waals surface area contributed by atoms with E-state index in [0.29, 0.717) is 44.6 Å². The van der Waals surface area contributed by atoms with Crippen molar-refractivity contribution in [3.05, 3.63) is 86.3 Å². The number of carbonyl (C=O) groups is 1. The van der Waals surface area contributed by atoms with Crippen molar-refractivity contribution in [2.24, 2.45) is 4.99 Å². The van der Waals surface area contributed by atoms with Gasteiger partial charge in [-0.05, 0) is 91.2 Å². The first kappa shape index (κ1) is 25.7. The van der Waals surface area contributed by atoms with Crippen molar-refractivity contribution in [1.82, 2.24) is 5.32 Å². The average molecular weight is 523 g/mol. The number of rotatable bonds is 7. The Morgan fingerprint density at radius 3 is 2.33 bits per heavy atom. The lowest BCUT2D eigenvalue weighted by Gasteiger charge is -2.15. The fourth-order valence-corrected chi connectivity index (χ4v) is 4.97. The Bertz CT molecular complexity index is 1360. The molecule has 3 aromatic rings. The second-order valence-corrected chi connectivity index (χ2v) is 9.84.